The van der Waals surface area contributed by atoms with Crippen LogP contribution >= 0.6 is 0 Å². The van der Waals surface area contributed by atoms with Crippen molar-refractivity contribution in [3.8, 4) is 0 Å². The number of hydrogen-bond acceptors (Lipinski definition) is 4. The third-order valence-electron chi connectivity index (χ3n) is 4.90. The predicted octanol–water partition coefficient (Wildman–Crippen LogP) is 1.02. The number of rotatable bonds is 5. The van der Waals surface area contributed by atoms with Crippen molar-refractivity contribution in [1.29, 1.82) is 0 Å². The second-order valence-electron chi connectivity index (χ2n) is 6.80. The number of amides is 4. The molecule has 1 aromatic heterocycles. The molecule has 1 saturated heterocycles. The molecule has 0 bridgehead atoms. The predicted molar refractivity (Wildman–Crippen MR) is 90.4 cm³/mol. The van der Waals surface area contributed by atoms with Gasteiger partial charge in [0.05, 0.1) is 6.20 Å². The Hall–Kier alpha value is -2.38. The average molecular weight is 347 g/mol. The van der Waals surface area contributed by atoms with E-state index in [1.54, 1.807) is 10.9 Å². The van der Waals surface area contributed by atoms with Crippen LogP contribution in [-0.2, 0) is 23.2 Å². The maximum Gasteiger partial charge on any atom is 0.324 e. The van der Waals surface area contributed by atoms with Crippen LogP contribution in [0.4, 0.5) is 4.79 Å². The summed E-state index contributed by atoms with van der Waals surface area (Å²) in [5, 5.41) is 6.79. The molecule has 3 rings (SSSR count). The van der Waals surface area contributed by atoms with Crippen LogP contribution in [0, 0.1) is 0 Å². The van der Waals surface area contributed by atoms with Crippen LogP contribution in [0.5, 0.6) is 0 Å². The van der Waals surface area contributed by atoms with Gasteiger partial charge in [-0.15, -0.1) is 0 Å². The van der Waals surface area contributed by atoms with Gasteiger partial charge in [-0.05, 0) is 12.8 Å². The Kier molecular flexibility index (Phi) is 5.35. The molecule has 2 aliphatic rings. The van der Waals surface area contributed by atoms with Gasteiger partial charge in [0.25, 0.3) is 0 Å². The highest BCUT2D eigenvalue weighted by atomic mass is 16.2. The minimum Gasteiger partial charge on any atom is -0.337 e. The molecule has 8 nitrogen and oxygen atoms in total. The summed E-state index contributed by atoms with van der Waals surface area (Å²) in [6, 6.07) is -0.320. The highest BCUT2D eigenvalue weighted by Crippen LogP contribution is 2.24. The zero-order valence-corrected chi connectivity index (χ0v) is 14.6. The molecular formula is C17H25N5O3. The summed E-state index contributed by atoms with van der Waals surface area (Å²) in [5.41, 5.74) is 0.954. The van der Waals surface area contributed by atoms with Crippen LogP contribution < -0.4 is 5.32 Å². The molecule has 8 heteroatoms. The van der Waals surface area contributed by atoms with E-state index in [9.17, 15) is 14.4 Å². The Bertz CT molecular complexity index is 634. The summed E-state index contributed by atoms with van der Waals surface area (Å²) >= 11 is 0. The summed E-state index contributed by atoms with van der Waals surface area (Å²) in [5.74, 6) is -0.469. The first-order valence-electron chi connectivity index (χ1n) is 8.90. The van der Waals surface area contributed by atoms with Gasteiger partial charge < -0.3 is 10.2 Å². The lowest BCUT2D eigenvalue weighted by Gasteiger charge is -2.36. The van der Waals surface area contributed by atoms with Crippen molar-refractivity contribution < 1.29 is 14.4 Å². The Morgan fingerprint density at radius 3 is 2.72 bits per heavy atom. The summed E-state index contributed by atoms with van der Waals surface area (Å²) in [6.07, 6.45) is 9.21. The van der Waals surface area contributed by atoms with Crippen molar-refractivity contribution in [1.82, 2.24) is 24.9 Å². The van der Waals surface area contributed by atoms with Gasteiger partial charge in [0, 0.05) is 44.4 Å². The lowest BCUT2D eigenvalue weighted by atomic mass is 9.94. The van der Waals surface area contributed by atoms with Crippen molar-refractivity contribution in [2.75, 3.05) is 13.1 Å². The normalized spacial score (nSPS) is 19.0. The number of hydrogen-bond donors (Lipinski definition) is 1. The number of imide groups is 1. The van der Waals surface area contributed by atoms with Crippen LogP contribution in [0.1, 0.15) is 44.1 Å². The summed E-state index contributed by atoms with van der Waals surface area (Å²) in [7, 11) is 1.84. The van der Waals surface area contributed by atoms with Gasteiger partial charge in [-0.1, -0.05) is 19.3 Å². The van der Waals surface area contributed by atoms with E-state index in [0.29, 0.717) is 13.1 Å². The molecule has 4 amide bonds. The quantitative estimate of drug-likeness (QED) is 0.861. The number of aryl methyl sites for hydroxylation is 1. The van der Waals surface area contributed by atoms with Gasteiger partial charge in [-0.2, -0.15) is 5.10 Å². The number of nitrogens with one attached hydrogen (secondary N) is 1. The fourth-order valence-electron chi connectivity index (χ4n) is 3.57. The number of urea groups is 1. The van der Waals surface area contributed by atoms with Gasteiger partial charge in [0.2, 0.25) is 11.8 Å². The van der Waals surface area contributed by atoms with Crippen LogP contribution in [0.25, 0.3) is 0 Å². The Morgan fingerprint density at radius 2 is 2.08 bits per heavy atom. The standard InChI is InChI=1S/C17H25N5O3/c1-20-10-13(9-19-20)11-21(14-5-3-2-4-6-14)16(24)12-22-15(23)7-8-18-17(22)25/h9-10,14H,2-8,11-12H2,1H3,(H,18,25). The van der Waals surface area contributed by atoms with E-state index in [4.69, 9.17) is 0 Å². The molecule has 1 saturated carbocycles. The van der Waals surface area contributed by atoms with E-state index in [2.05, 4.69) is 10.4 Å². The minimum absolute atomic E-state index is 0.157. The zero-order valence-electron chi connectivity index (χ0n) is 14.6. The molecule has 2 fully saturated rings. The van der Waals surface area contributed by atoms with Gasteiger partial charge in [0.15, 0.2) is 0 Å². The monoisotopic (exact) mass is 347 g/mol. The second kappa shape index (κ2) is 7.67. The fraction of sp³-hybridized carbons (Fsp3) is 0.647. The topological polar surface area (TPSA) is 87.5 Å². The Balaban J connectivity index is 1.73. The van der Waals surface area contributed by atoms with E-state index in [1.165, 1.54) is 6.42 Å². The van der Waals surface area contributed by atoms with Crippen molar-refractivity contribution >= 4 is 17.8 Å². The lowest BCUT2D eigenvalue weighted by molar-refractivity contribution is -0.141. The molecule has 1 aromatic rings. The lowest BCUT2D eigenvalue weighted by Crippen LogP contribution is -2.54. The third-order valence-corrected chi connectivity index (χ3v) is 4.90. The fourth-order valence-corrected chi connectivity index (χ4v) is 3.57. The summed E-state index contributed by atoms with van der Waals surface area (Å²) in [4.78, 5) is 39.7. The first kappa shape index (κ1) is 17.4. The van der Waals surface area contributed by atoms with Crippen LogP contribution in [0.2, 0.25) is 0 Å². The molecule has 136 valence electrons. The second-order valence-corrected chi connectivity index (χ2v) is 6.80. The average Bonchev–Trinajstić information content (AvgIpc) is 3.02. The molecule has 2 heterocycles. The van der Waals surface area contributed by atoms with E-state index in [-0.39, 0.29) is 30.8 Å². The molecule has 25 heavy (non-hydrogen) atoms. The van der Waals surface area contributed by atoms with Crippen molar-refractivity contribution in [3.63, 3.8) is 0 Å². The van der Waals surface area contributed by atoms with Crippen LogP contribution in [0.3, 0.4) is 0 Å². The molecule has 1 aliphatic heterocycles. The van der Waals surface area contributed by atoms with Gasteiger partial charge in [-0.3, -0.25) is 19.2 Å². The highest BCUT2D eigenvalue weighted by molar-refractivity contribution is 6.00. The Morgan fingerprint density at radius 1 is 1.32 bits per heavy atom. The minimum atomic E-state index is -0.477. The molecule has 0 unspecified atom stereocenters. The van der Waals surface area contributed by atoms with Crippen LogP contribution in [-0.4, -0.2) is 56.6 Å². The molecule has 1 N–H and O–H groups in total. The maximum absolute atomic E-state index is 12.9. The van der Waals surface area contributed by atoms with E-state index in [1.807, 2.05) is 18.1 Å². The largest absolute Gasteiger partial charge is 0.337 e. The zero-order chi connectivity index (χ0) is 17.8. The van der Waals surface area contributed by atoms with Crippen molar-refractivity contribution in [3.05, 3.63) is 18.0 Å². The number of carbonyl (C=O) groups is 3. The van der Waals surface area contributed by atoms with Crippen molar-refractivity contribution in [2.24, 2.45) is 7.05 Å². The smallest absolute Gasteiger partial charge is 0.324 e. The first-order valence-corrected chi connectivity index (χ1v) is 8.90. The highest BCUT2D eigenvalue weighted by Gasteiger charge is 2.32. The van der Waals surface area contributed by atoms with E-state index >= 15 is 0 Å². The van der Waals surface area contributed by atoms with Crippen molar-refractivity contribution in [2.45, 2.75) is 51.1 Å². The molecule has 0 radical (unpaired) electrons. The maximum atomic E-state index is 12.9. The van der Waals surface area contributed by atoms with E-state index < -0.39 is 6.03 Å². The molecule has 1 aliphatic carbocycles. The Labute approximate surface area is 147 Å². The molecule has 0 spiro atoms. The van der Waals surface area contributed by atoms with E-state index in [0.717, 1.165) is 36.1 Å². The SMILES string of the molecule is Cn1cc(CN(C(=O)CN2C(=O)CCNC2=O)C2CCCCC2)cn1. The van der Waals surface area contributed by atoms with Gasteiger partial charge in [0.1, 0.15) is 6.54 Å². The number of nitrogens with zero attached hydrogens (tertiary/aromatic N) is 4. The molecular weight excluding hydrogens is 322 g/mol. The summed E-state index contributed by atoms with van der Waals surface area (Å²) < 4.78 is 1.71. The van der Waals surface area contributed by atoms with Gasteiger partial charge in [-0.25, -0.2) is 4.79 Å². The number of aromatic nitrogens is 2. The summed E-state index contributed by atoms with van der Waals surface area (Å²) in [6.45, 7) is 0.604. The third kappa shape index (κ3) is 4.18. The van der Waals surface area contributed by atoms with Crippen LogP contribution in [0.15, 0.2) is 12.4 Å². The molecule has 0 aromatic carbocycles. The first-order chi connectivity index (χ1) is 12.0. The number of carbonyl (C=O) groups excluding carboxylic acids is 3. The van der Waals surface area contributed by atoms with Gasteiger partial charge >= 0.3 is 6.03 Å². The molecule has 0 atom stereocenters.